The lowest BCUT2D eigenvalue weighted by atomic mass is 9.86. The van der Waals surface area contributed by atoms with Crippen molar-refractivity contribution < 1.29 is 14.3 Å². The van der Waals surface area contributed by atoms with E-state index >= 15 is 0 Å². The molecule has 4 nitrogen and oxygen atoms in total. The Bertz CT molecular complexity index is 908. The highest BCUT2D eigenvalue weighted by molar-refractivity contribution is 8.04. The first kappa shape index (κ1) is 18.8. The molecular formula is C23H23NO3S. The van der Waals surface area contributed by atoms with Crippen LogP contribution in [0.5, 0.6) is 0 Å². The van der Waals surface area contributed by atoms with E-state index in [1.807, 2.05) is 60.7 Å². The summed E-state index contributed by atoms with van der Waals surface area (Å²) in [6.07, 6.45) is 0.631. The van der Waals surface area contributed by atoms with Crippen LogP contribution in [0.25, 0.3) is 0 Å². The van der Waals surface area contributed by atoms with Gasteiger partial charge in [-0.15, -0.1) is 11.8 Å². The predicted molar refractivity (Wildman–Crippen MR) is 110 cm³/mol. The zero-order valence-electron chi connectivity index (χ0n) is 16.0. The number of hydrogen-bond donors (Lipinski definition) is 0. The SMILES string of the molecule is CC(C)C1C(=O)N2C(C(=O)OCc3ccccc3)=C(Cc3ccccc3)S[C@H]12. The van der Waals surface area contributed by atoms with Gasteiger partial charge in [-0.1, -0.05) is 74.5 Å². The number of allylic oxidation sites excluding steroid dienone is 1. The van der Waals surface area contributed by atoms with E-state index in [4.69, 9.17) is 4.74 Å². The van der Waals surface area contributed by atoms with Gasteiger partial charge >= 0.3 is 5.97 Å². The van der Waals surface area contributed by atoms with Crippen LogP contribution in [0, 0.1) is 11.8 Å². The molecule has 0 aromatic heterocycles. The fourth-order valence-electron chi connectivity index (χ4n) is 3.71. The molecule has 2 aliphatic rings. The van der Waals surface area contributed by atoms with Crippen LogP contribution in [0.3, 0.4) is 0 Å². The highest BCUT2D eigenvalue weighted by atomic mass is 32.2. The van der Waals surface area contributed by atoms with Crippen molar-refractivity contribution in [3.63, 3.8) is 0 Å². The summed E-state index contributed by atoms with van der Waals surface area (Å²) in [5.41, 5.74) is 2.48. The number of hydrogen-bond acceptors (Lipinski definition) is 4. The predicted octanol–water partition coefficient (Wildman–Crippen LogP) is 4.37. The number of carbonyl (C=O) groups excluding carboxylic acids is 2. The summed E-state index contributed by atoms with van der Waals surface area (Å²) in [6, 6.07) is 19.6. The van der Waals surface area contributed by atoms with E-state index in [1.165, 1.54) is 0 Å². The number of amides is 1. The summed E-state index contributed by atoms with van der Waals surface area (Å²) >= 11 is 1.64. The highest BCUT2D eigenvalue weighted by Gasteiger charge is 2.56. The van der Waals surface area contributed by atoms with Crippen LogP contribution in [-0.2, 0) is 27.4 Å². The lowest BCUT2D eigenvalue weighted by Crippen LogP contribution is -2.59. The number of nitrogens with zero attached hydrogens (tertiary/aromatic N) is 1. The molecule has 1 unspecified atom stereocenters. The molecule has 0 aliphatic carbocycles. The molecule has 1 amide bonds. The Morgan fingerprint density at radius 3 is 2.25 bits per heavy atom. The van der Waals surface area contributed by atoms with Gasteiger partial charge in [0.15, 0.2) is 0 Å². The molecule has 1 saturated heterocycles. The Morgan fingerprint density at radius 2 is 1.64 bits per heavy atom. The Balaban J connectivity index is 1.58. The zero-order valence-corrected chi connectivity index (χ0v) is 16.8. The largest absolute Gasteiger partial charge is 0.456 e. The maximum atomic E-state index is 12.9. The van der Waals surface area contributed by atoms with E-state index in [0.29, 0.717) is 12.1 Å². The van der Waals surface area contributed by atoms with E-state index in [0.717, 1.165) is 16.0 Å². The third kappa shape index (κ3) is 3.47. The first-order chi connectivity index (χ1) is 13.6. The smallest absolute Gasteiger partial charge is 0.356 e. The van der Waals surface area contributed by atoms with Crippen molar-refractivity contribution in [2.75, 3.05) is 0 Å². The molecule has 0 bridgehead atoms. The van der Waals surface area contributed by atoms with Gasteiger partial charge in [-0.05, 0) is 17.0 Å². The van der Waals surface area contributed by atoms with Gasteiger partial charge in [-0.25, -0.2) is 4.79 Å². The third-order valence-electron chi connectivity index (χ3n) is 5.18. The molecule has 5 heteroatoms. The number of fused-ring (bicyclic) bond motifs is 1. The third-order valence-corrected chi connectivity index (χ3v) is 6.55. The molecule has 0 N–H and O–H groups in total. The van der Waals surface area contributed by atoms with E-state index in [1.54, 1.807) is 16.7 Å². The minimum atomic E-state index is -0.416. The zero-order chi connectivity index (χ0) is 19.7. The molecule has 4 rings (SSSR count). The second kappa shape index (κ2) is 7.84. The van der Waals surface area contributed by atoms with Gasteiger partial charge in [0, 0.05) is 11.3 Å². The summed E-state index contributed by atoms with van der Waals surface area (Å²) in [5, 5.41) is 0.00508. The first-order valence-electron chi connectivity index (χ1n) is 9.54. The monoisotopic (exact) mass is 393 g/mol. The standard InChI is InChI=1S/C23H23NO3S/c1-15(2)19-21(25)24-20(23(26)27-14-17-11-7-4-8-12-17)18(28-22(19)24)13-16-9-5-3-6-10-16/h3-12,15,19,22H,13-14H2,1-2H3/t19?,22-/m1/s1. The number of β-lactam (4-membered cyclic amide) rings is 1. The van der Waals surface area contributed by atoms with Crippen LogP contribution in [0.1, 0.15) is 25.0 Å². The van der Waals surface area contributed by atoms with Gasteiger partial charge in [0.1, 0.15) is 12.3 Å². The summed E-state index contributed by atoms with van der Waals surface area (Å²) in [5.74, 6) is -0.184. The molecule has 0 saturated carbocycles. The van der Waals surface area contributed by atoms with Gasteiger partial charge in [0.2, 0.25) is 5.91 Å². The second-order valence-electron chi connectivity index (χ2n) is 7.48. The van der Waals surface area contributed by atoms with Crippen LogP contribution in [0.2, 0.25) is 0 Å². The summed E-state index contributed by atoms with van der Waals surface area (Å²) < 4.78 is 5.57. The van der Waals surface area contributed by atoms with Crippen LogP contribution in [0.4, 0.5) is 0 Å². The molecule has 0 spiro atoms. The fourth-order valence-corrected chi connectivity index (χ4v) is 5.44. The lowest BCUT2D eigenvalue weighted by Gasteiger charge is -2.44. The topological polar surface area (TPSA) is 46.6 Å². The van der Waals surface area contributed by atoms with Crippen LogP contribution >= 0.6 is 11.8 Å². The molecule has 2 aromatic rings. The Hall–Kier alpha value is -2.53. The average Bonchev–Trinajstić information content (AvgIpc) is 3.01. The van der Waals surface area contributed by atoms with Crippen molar-refractivity contribution >= 4 is 23.6 Å². The van der Waals surface area contributed by atoms with E-state index in [2.05, 4.69) is 13.8 Å². The number of benzene rings is 2. The molecule has 144 valence electrons. The second-order valence-corrected chi connectivity index (χ2v) is 8.69. The molecule has 28 heavy (non-hydrogen) atoms. The van der Waals surface area contributed by atoms with Crippen molar-refractivity contribution in [3.8, 4) is 0 Å². The van der Waals surface area contributed by atoms with Crippen molar-refractivity contribution in [1.82, 2.24) is 4.90 Å². The average molecular weight is 394 g/mol. The number of esters is 1. The minimum Gasteiger partial charge on any atom is -0.456 e. The summed E-state index contributed by atoms with van der Waals surface area (Å²) in [7, 11) is 0. The Morgan fingerprint density at radius 1 is 1.04 bits per heavy atom. The van der Waals surface area contributed by atoms with E-state index in [-0.39, 0.29) is 29.7 Å². The van der Waals surface area contributed by atoms with Crippen LogP contribution in [-0.4, -0.2) is 22.2 Å². The molecule has 2 aliphatic heterocycles. The van der Waals surface area contributed by atoms with Gasteiger partial charge in [-0.3, -0.25) is 9.69 Å². The molecule has 2 aromatic carbocycles. The normalized spacial score (nSPS) is 21.0. The van der Waals surface area contributed by atoms with Crippen molar-refractivity contribution in [3.05, 3.63) is 82.4 Å². The molecule has 2 heterocycles. The Kier molecular flexibility index (Phi) is 5.27. The number of ether oxygens (including phenoxy) is 1. The maximum Gasteiger partial charge on any atom is 0.356 e. The van der Waals surface area contributed by atoms with E-state index < -0.39 is 5.97 Å². The molecule has 0 radical (unpaired) electrons. The van der Waals surface area contributed by atoms with Crippen molar-refractivity contribution in [1.29, 1.82) is 0 Å². The van der Waals surface area contributed by atoms with Crippen LogP contribution < -0.4 is 0 Å². The van der Waals surface area contributed by atoms with Gasteiger partial charge in [-0.2, -0.15) is 0 Å². The first-order valence-corrected chi connectivity index (χ1v) is 10.4. The molecule has 1 fully saturated rings. The fraction of sp³-hybridized carbons (Fsp3) is 0.304. The lowest BCUT2D eigenvalue weighted by molar-refractivity contribution is -0.156. The van der Waals surface area contributed by atoms with E-state index in [9.17, 15) is 9.59 Å². The number of thioether (sulfide) groups is 1. The van der Waals surface area contributed by atoms with Crippen LogP contribution in [0.15, 0.2) is 71.3 Å². The number of rotatable bonds is 6. The van der Waals surface area contributed by atoms with Crippen molar-refractivity contribution in [2.24, 2.45) is 11.8 Å². The summed E-state index contributed by atoms with van der Waals surface area (Å²) in [6.45, 7) is 4.32. The molecule has 2 atom stereocenters. The maximum absolute atomic E-state index is 12.9. The molecular weight excluding hydrogens is 370 g/mol. The number of carbonyl (C=O) groups is 2. The van der Waals surface area contributed by atoms with Gasteiger partial charge in [0.05, 0.1) is 11.3 Å². The summed E-state index contributed by atoms with van der Waals surface area (Å²) in [4.78, 5) is 28.3. The minimum absolute atomic E-state index is 0.00508. The van der Waals surface area contributed by atoms with Gasteiger partial charge in [0.25, 0.3) is 0 Å². The van der Waals surface area contributed by atoms with Crippen molar-refractivity contribution in [2.45, 2.75) is 32.2 Å². The highest BCUT2D eigenvalue weighted by Crippen LogP contribution is 2.52. The quantitative estimate of drug-likeness (QED) is 0.540. The Labute approximate surface area is 169 Å². The van der Waals surface area contributed by atoms with Gasteiger partial charge < -0.3 is 4.74 Å².